The summed E-state index contributed by atoms with van der Waals surface area (Å²) in [6.07, 6.45) is -0.959. The fourth-order valence-corrected chi connectivity index (χ4v) is 18.2. The quantitative estimate of drug-likeness (QED) is 0.00585. The number of nitrogens with one attached hydrogen (secondary N) is 4. The molecule has 135 heavy (non-hydrogen) atoms. The molecule has 0 fully saturated rings. The van der Waals surface area contributed by atoms with E-state index in [9.17, 15) is 108 Å². The third kappa shape index (κ3) is 18.5. The number of aryl methyl sites for hydroxylation is 2. The third-order valence-electron chi connectivity index (χ3n) is 20.5. The van der Waals surface area contributed by atoms with Gasteiger partial charge >= 0.3 is 35.9 Å². The van der Waals surface area contributed by atoms with E-state index in [0.29, 0.717) is 18.1 Å². The molecule has 0 bridgehead atoms. The molecule has 10 aromatic carbocycles. The number of nitrogens with zero attached hydrogens (tertiary/aromatic N) is 8. The van der Waals surface area contributed by atoms with Crippen molar-refractivity contribution in [2.24, 2.45) is 14.1 Å². The number of carboxylic acid groups (broad SMARTS) is 4. The Bertz CT molecular complexity index is 8000. The van der Waals surface area contributed by atoms with Crippen molar-refractivity contribution in [2.45, 2.75) is 35.8 Å². The van der Waals surface area contributed by atoms with Gasteiger partial charge in [0.05, 0.1) is 147 Å². The zero-order chi connectivity index (χ0) is 96.3. The number of rotatable bonds is 34. The van der Waals surface area contributed by atoms with E-state index in [1.807, 2.05) is 0 Å². The molecule has 684 valence electrons. The van der Waals surface area contributed by atoms with Crippen LogP contribution >= 0.6 is 36.1 Å². The molecule has 2 aliphatic carbocycles. The number of pyridine rings is 2. The molecule has 0 saturated carbocycles. The molecule has 0 aliphatic heterocycles. The number of anilines is 8. The van der Waals surface area contributed by atoms with Gasteiger partial charge in [-0.2, -0.15) is 55.2 Å². The van der Waals surface area contributed by atoms with Crippen molar-refractivity contribution in [1.29, 1.82) is 0 Å². The highest BCUT2D eigenvalue weighted by Gasteiger charge is 2.39. The summed E-state index contributed by atoms with van der Waals surface area (Å²) in [5.41, 5.74) is -9.51. The van der Waals surface area contributed by atoms with Gasteiger partial charge in [-0.1, -0.05) is 87.9 Å². The zero-order valence-electron chi connectivity index (χ0n) is 67.3. The standard InChI is InChI=1S/C83H52N12O34S6/c1-94-54-19-17-48(64-66(54)62(44-13-3-5-15-46(44)72(64)98)68(74(94)100)70(96)34-9-7-11-42(27-34)130-127-124-110)84-50-29-53(59(135(119,120)121)31-56(50)131-128-125-111)87-81-89-61(91-83(93-81)123-41-25-38(78(106)107)22-39(26-41)79(108)109)33-60-88-80(92-82(90-60)122-40-23-36(76(102)103)21-37(24-40)77(104)105)86-51-30-52(58(134(116,117)118)32-57(51)132-129-126-112)85-49-18-20-55-67-63(45-14-4-6-16-47(45)73(99)65(49)67)69(75(101)95(55)2)71(97)35-10-8-12-43(28-35)133(113,114)115/h3-32,84-85,110-112H,33H2,1-2H3,(H,102,103)(H,104,105)(H,106,107)(H,108,109)(H,113,114,115)(H,116,117,118)(H,119,120,121)(H,86,88,90,92)(H,87,89,91,93). The van der Waals surface area contributed by atoms with Crippen LogP contribution in [0.5, 0.6) is 23.5 Å². The second kappa shape index (κ2) is 36.9. The van der Waals surface area contributed by atoms with Gasteiger partial charge in [-0.25, -0.2) is 34.9 Å². The first kappa shape index (κ1) is 92.7. The molecular weight excluding hydrogens is 1900 g/mol. The highest BCUT2D eigenvalue weighted by molar-refractivity contribution is 7.95. The SMILES string of the molecule is Cn1c(=O)c(C(=O)c2cccc(SOOO)c2)c2c3c(c(Nc4cc(Nc5nc(Cc6nc(Nc7cc(Nc8ccc9c%10c8C(=O)c8ccccc8-c%10c(C(=O)c8cccc(S(=O)(=O)O)c8)c(=O)n9C)c(S(=O)(=O)O)cc7SOOO)nc(Oc7cc(C(=O)O)cc(C(=O)O)c7)n6)nc(Oc6cc(C(=O)O)cc(C(=O)O)c6)n5)c(S(=O)(=O)O)cc4SOOO)ccc31)C(=O)c1ccccc1-2. The second-order valence-corrected chi connectivity index (χ2v) is 35.0. The van der Waals surface area contributed by atoms with Crippen LogP contribution in [0.2, 0.25) is 0 Å². The number of benzene rings is 10. The number of ketones is 4. The maximum absolute atomic E-state index is 15.3. The molecule has 46 nitrogen and oxygen atoms in total. The number of hydrogen-bond donors (Lipinski definition) is 14. The van der Waals surface area contributed by atoms with Crippen LogP contribution in [-0.4, -0.2) is 161 Å². The lowest BCUT2D eigenvalue weighted by Crippen LogP contribution is -2.29. The molecule has 2 aliphatic rings. The van der Waals surface area contributed by atoms with Crippen molar-refractivity contribution in [3.05, 3.63) is 281 Å². The number of aromatic nitrogens is 8. The van der Waals surface area contributed by atoms with Crippen molar-refractivity contribution >= 4 is 181 Å². The van der Waals surface area contributed by atoms with Gasteiger partial charge in [0.2, 0.25) is 11.9 Å². The van der Waals surface area contributed by atoms with E-state index in [-0.39, 0.29) is 118 Å². The average molecular weight is 1950 g/mol. The van der Waals surface area contributed by atoms with E-state index in [0.717, 1.165) is 88.0 Å². The van der Waals surface area contributed by atoms with E-state index in [4.69, 9.17) is 23.4 Å². The lowest BCUT2D eigenvalue weighted by Gasteiger charge is -2.26. The molecular formula is C83H52N12O34S6. The fourth-order valence-electron chi connectivity index (χ4n) is 14.8. The summed E-state index contributed by atoms with van der Waals surface area (Å²) in [6.45, 7) is 0. The summed E-state index contributed by atoms with van der Waals surface area (Å²) >= 11 is 0.631. The number of carbonyl (C=O) groups is 8. The minimum atomic E-state index is -5.58. The van der Waals surface area contributed by atoms with Crippen molar-refractivity contribution in [3.63, 3.8) is 0 Å². The fraction of sp³-hybridized carbons (Fsp3) is 0.0361. The van der Waals surface area contributed by atoms with E-state index in [1.165, 1.54) is 105 Å². The summed E-state index contributed by atoms with van der Waals surface area (Å²) in [5, 5.41) is 91.2. The van der Waals surface area contributed by atoms with Crippen LogP contribution in [0.1, 0.15) is 117 Å². The molecule has 16 rings (SSSR count). The molecule has 0 amide bonds. The number of fused-ring (bicyclic) bond motifs is 4. The first-order valence-corrected chi connectivity index (χ1v) is 44.2. The monoisotopic (exact) mass is 1950 g/mol. The van der Waals surface area contributed by atoms with Crippen molar-refractivity contribution in [2.75, 3.05) is 21.3 Å². The highest BCUT2D eigenvalue weighted by atomic mass is 32.2. The molecule has 0 atom stereocenters. The van der Waals surface area contributed by atoms with E-state index >= 15 is 9.59 Å². The van der Waals surface area contributed by atoms with Crippen LogP contribution in [0.15, 0.2) is 221 Å². The van der Waals surface area contributed by atoms with Gasteiger partial charge in [0.25, 0.3) is 41.5 Å². The maximum atomic E-state index is 15.3. The summed E-state index contributed by atoms with van der Waals surface area (Å²) in [4.78, 5) is 162. The summed E-state index contributed by atoms with van der Waals surface area (Å²) in [7, 11) is -13.5. The molecule has 0 spiro atoms. The van der Waals surface area contributed by atoms with Gasteiger partial charge in [-0.3, -0.25) is 42.4 Å². The topological polar surface area (TPSA) is 685 Å². The van der Waals surface area contributed by atoms with Crippen LogP contribution in [0.4, 0.5) is 46.0 Å². The Morgan fingerprint density at radius 1 is 0.378 bits per heavy atom. The van der Waals surface area contributed by atoms with E-state index in [2.05, 4.69) is 70.6 Å². The molecule has 0 radical (unpaired) electrons. The largest absolute Gasteiger partial charge is 0.478 e. The van der Waals surface area contributed by atoms with Crippen LogP contribution < -0.4 is 41.9 Å². The molecule has 0 saturated heterocycles. The zero-order valence-corrected chi connectivity index (χ0v) is 72.2. The molecule has 4 aromatic heterocycles. The molecule has 52 heteroatoms. The van der Waals surface area contributed by atoms with Crippen molar-refractivity contribution in [3.8, 4) is 45.8 Å². The average Bonchev–Trinajstić information content (AvgIpc) is 0.709. The molecule has 4 heterocycles. The van der Waals surface area contributed by atoms with Gasteiger partial charge in [-0.15, -0.1) is 13.0 Å². The number of hydrogen-bond acceptors (Lipinski definition) is 40. The Kier molecular flexibility index (Phi) is 25.3. The third-order valence-corrected chi connectivity index (χ3v) is 25.0. The van der Waals surface area contributed by atoms with Crippen molar-refractivity contribution < 1.29 is 151 Å². The predicted octanol–water partition coefficient (Wildman–Crippen LogP) is 12.6. The number of aromatic carboxylic acids is 4. The first-order valence-electron chi connectivity index (χ1n) is 37.6. The Balaban J connectivity index is 0.849. The van der Waals surface area contributed by atoms with Gasteiger partial charge in [-0.05, 0) is 120 Å². The maximum Gasteiger partial charge on any atom is 0.335 e. The molecule has 14 N–H and O–H groups in total. The molecule has 14 aromatic rings. The van der Waals surface area contributed by atoms with Crippen LogP contribution in [-0.2, 0) is 79.0 Å². The number of ether oxygens (including phenoxy) is 2. The summed E-state index contributed by atoms with van der Waals surface area (Å²) < 4.78 is 140. The van der Waals surface area contributed by atoms with Crippen LogP contribution in [0.25, 0.3) is 44.1 Å². The first-order chi connectivity index (χ1) is 64.3. The number of carbonyl (C=O) groups excluding carboxylic acids is 4. The van der Waals surface area contributed by atoms with Crippen LogP contribution in [0, 0.1) is 0 Å². The van der Waals surface area contributed by atoms with Crippen molar-refractivity contribution in [1.82, 2.24) is 39.0 Å². The summed E-state index contributed by atoms with van der Waals surface area (Å²) in [5.74, 6) is -14.4. The Morgan fingerprint density at radius 3 is 1.18 bits per heavy atom. The Labute approximate surface area is 764 Å². The van der Waals surface area contributed by atoms with Gasteiger partial charge in [0.15, 0.2) is 23.1 Å². The smallest absolute Gasteiger partial charge is 0.335 e. The van der Waals surface area contributed by atoms with E-state index in [1.54, 1.807) is 6.07 Å². The normalized spacial score (nSPS) is 12.1. The number of carboxylic acids is 4. The van der Waals surface area contributed by atoms with Gasteiger partial charge in [0.1, 0.15) is 32.9 Å². The minimum Gasteiger partial charge on any atom is -0.478 e. The second-order valence-electron chi connectivity index (χ2n) is 28.6. The predicted molar refractivity (Wildman–Crippen MR) is 467 cm³/mol. The lowest BCUT2D eigenvalue weighted by molar-refractivity contribution is -0.432. The Morgan fingerprint density at radius 2 is 0.763 bits per heavy atom. The molecule has 0 unspecified atom stereocenters. The van der Waals surface area contributed by atoms with Crippen LogP contribution in [0.3, 0.4) is 0 Å². The van der Waals surface area contributed by atoms with Gasteiger partial charge < -0.3 is 60.3 Å². The highest BCUT2D eigenvalue weighted by Crippen LogP contribution is 2.50. The Hall–Kier alpha value is -15.6. The van der Waals surface area contributed by atoms with Gasteiger partial charge in [0, 0.05) is 63.1 Å². The van der Waals surface area contributed by atoms with E-state index < -0.39 is 222 Å². The summed E-state index contributed by atoms with van der Waals surface area (Å²) in [6, 6.07) is 32.8. The lowest BCUT2D eigenvalue weighted by atomic mass is 9.80. The minimum absolute atomic E-state index is 0.0121.